The molecular weight excluding hydrogens is 226 g/mol. The molecule has 0 spiro atoms. The van der Waals surface area contributed by atoms with E-state index in [9.17, 15) is 0 Å². The van der Waals surface area contributed by atoms with Crippen molar-refractivity contribution in [3.05, 3.63) is 18.0 Å². The molecule has 18 heavy (non-hydrogen) atoms. The summed E-state index contributed by atoms with van der Waals surface area (Å²) in [5.74, 6) is 0.839. The van der Waals surface area contributed by atoms with Gasteiger partial charge in [0.15, 0.2) is 0 Å². The Morgan fingerprint density at radius 3 is 2.94 bits per heavy atom. The van der Waals surface area contributed by atoms with Gasteiger partial charge < -0.3 is 10.4 Å². The highest BCUT2D eigenvalue weighted by Gasteiger charge is 2.19. The summed E-state index contributed by atoms with van der Waals surface area (Å²) in [4.78, 5) is 0. The molecule has 2 N–H and O–H groups in total. The number of nitrogens with zero attached hydrogens (tertiary/aromatic N) is 2. The fraction of sp³-hybridized carbons (Fsp3) is 0.786. The first-order chi connectivity index (χ1) is 8.79. The van der Waals surface area contributed by atoms with E-state index in [4.69, 9.17) is 5.11 Å². The first-order valence-corrected chi connectivity index (χ1v) is 7.15. The first-order valence-electron chi connectivity index (χ1n) is 7.15. The molecule has 0 saturated heterocycles. The Morgan fingerprint density at radius 1 is 1.44 bits per heavy atom. The molecule has 4 heteroatoms. The third-order valence-corrected chi connectivity index (χ3v) is 4.00. The SMILES string of the molecule is CC(NCc1cnn(CCO)c1)C1CCCCC1. The number of aromatic nitrogens is 2. The number of hydrogen-bond acceptors (Lipinski definition) is 3. The van der Waals surface area contributed by atoms with E-state index in [2.05, 4.69) is 17.3 Å². The van der Waals surface area contributed by atoms with Gasteiger partial charge in [0.25, 0.3) is 0 Å². The van der Waals surface area contributed by atoms with Gasteiger partial charge in [0.2, 0.25) is 0 Å². The van der Waals surface area contributed by atoms with Gasteiger partial charge in [-0.05, 0) is 25.7 Å². The van der Waals surface area contributed by atoms with Crippen molar-refractivity contribution < 1.29 is 5.11 Å². The molecule has 1 aromatic rings. The van der Waals surface area contributed by atoms with Gasteiger partial charge in [-0.1, -0.05) is 19.3 Å². The maximum absolute atomic E-state index is 8.84. The second-order valence-corrected chi connectivity index (χ2v) is 5.40. The summed E-state index contributed by atoms with van der Waals surface area (Å²) in [6.45, 7) is 3.91. The Kier molecular flexibility index (Phi) is 5.20. The number of aliphatic hydroxyl groups excluding tert-OH is 1. The molecule has 1 unspecified atom stereocenters. The Hall–Kier alpha value is -0.870. The van der Waals surface area contributed by atoms with E-state index < -0.39 is 0 Å². The smallest absolute Gasteiger partial charge is 0.0640 e. The lowest BCUT2D eigenvalue weighted by Gasteiger charge is -2.28. The lowest BCUT2D eigenvalue weighted by Crippen LogP contribution is -2.34. The van der Waals surface area contributed by atoms with Crippen LogP contribution >= 0.6 is 0 Å². The van der Waals surface area contributed by atoms with Crippen molar-refractivity contribution in [2.24, 2.45) is 5.92 Å². The van der Waals surface area contributed by atoms with Gasteiger partial charge in [0.1, 0.15) is 0 Å². The Balaban J connectivity index is 1.75. The molecule has 0 amide bonds. The summed E-state index contributed by atoms with van der Waals surface area (Å²) in [6, 6.07) is 0.589. The minimum Gasteiger partial charge on any atom is -0.394 e. The third-order valence-electron chi connectivity index (χ3n) is 4.00. The molecule has 1 fully saturated rings. The van der Waals surface area contributed by atoms with Crippen LogP contribution in [-0.4, -0.2) is 27.5 Å². The predicted molar refractivity (Wildman–Crippen MR) is 72.2 cm³/mol. The van der Waals surface area contributed by atoms with Crippen molar-refractivity contribution in [1.29, 1.82) is 0 Å². The fourth-order valence-corrected chi connectivity index (χ4v) is 2.80. The van der Waals surface area contributed by atoms with Crippen molar-refractivity contribution in [2.45, 2.75) is 58.2 Å². The zero-order valence-electron chi connectivity index (χ0n) is 11.3. The van der Waals surface area contributed by atoms with E-state index in [1.807, 2.05) is 12.4 Å². The molecule has 1 saturated carbocycles. The van der Waals surface area contributed by atoms with Gasteiger partial charge in [0, 0.05) is 24.3 Å². The van der Waals surface area contributed by atoms with Crippen LogP contribution in [0.25, 0.3) is 0 Å². The highest BCUT2D eigenvalue weighted by Crippen LogP contribution is 2.26. The highest BCUT2D eigenvalue weighted by atomic mass is 16.3. The summed E-state index contributed by atoms with van der Waals surface area (Å²) >= 11 is 0. The zero-order chi connectivity index (χ0) is 12.8. The molecule has 1 aliphatic rings. The van der Waals surface area contributed by atoms with Crippen molar-refractivity contribution in [2.75, 3.05) is 6.61 Å². The van der Waals surface area contributed by atoms with Crippen LogP contribution in [0.1, 0.15) is 44.6 Å². The summed E-state index contributed by atoms with van der Waals surface area (Å²) in [5.41, 5.74) is 1.20. The van der Waals surface area contributed by atoms with Crippen LogP contribution in [-0.2, 0) is 13.1 Å². The van der Waals surface area contributed by atoms with Crippen molar-refractivity contribution >= 4 is 0 Å². The Bertz CT molecular complexity index is 345. The highest BCUT2D eigenvalue weighted by molar-refractivity contribution is 5.03. The fourth-order valence-electron chi connectivity index (χ4n) is 2.80. The van der Waals surface area contributed by atoms with Crippen molar-refractivity contribution in [3.8, 4) is 0 Å². The van der Waals surface area contributed by atoms with Gasteiger partial charge in [-0.2, -0.15) is 5.10 Å². The lowest BCUT2D eigenvalue weighted by molar-refractivity contribution is 0.269. The number of nitrogens with one attached hydrogen (secondary N) is 1. The van der Waals surface area contributed by atoms with Crippen molar-refractivity contribution in [1.82, 2.24) is 15.1 Å². The molecule has 1 heterocycles. The van der Waals surface area contributed by atoms with Gasteiger partial charge in [-0.15, -0.1) is 0 Å². The molecule has 1 atom stereocenters. The zero-order valence-corrected chi connectivity index (χ0v) is 11.3. The lowest BCUT2D eigenvalue weighted by atomic mass is 9.84. The van der Waals surface area contributed by atoms with E-state index in [-0.39, 0.29) is 6.61 Å². The maximum Gasteiger partial charge on any atom is 0.0640 e. The second-order valence-electron chi connectivity index (χ2n) is 5.40. The molecule has 4 nitrogen and oxygen atoms in total. The topological polar surface area (TPSA) is 50.1 Å². The quantitative estimate of drug-likeness (QED) is 0.812. The number of hydrogen-bond donors (Lipinski definition) is 2. The maximum atomic E-state index is 8.84. The molecule has 1 aliphatic carbocycles. The first kappa shape index (κ1) is 13.6. The number of rotatable bonds is 6. The standard InChI is InChI=1S/C14H25N3O/c1-12(14-5-3-2-4-6-14)15-9-13-10-16-17(11-13)7-8-18/h10-12,14-15,18H,2-9H2,1H3. The van der Waals surface area contributed by atoms with Gasteiger partial charge in [-0.3, -0.25) is 4.68 Å². The van der Waals surface area contributed by atoms with Gasteiger partial charge in [-0.25, -0.2) is 0 Å². The van der Waals surface area contributed by atoms with Crippen LogP contribution in [0.3, 0.4) is 0 Å². The largest absolute Gasteiger partial charge is 0.394 e. The summed E-state index contributed by atoms with van der Waals surface area (Å²) < 4.78 is 1.79. The van der Waals surface area contributed by atoms with E-state index in [1.165, 1.54) is 37.7 Å². The minimum absolute atomic E-state index is 0.146. The van der Waals surface area contributed by atoms with Crippen LogP contribution in [0.4, 0.5) is 0 Å². The van der Waals surface area contributed by atoms with Crippen LogP contribution in [0.2, 0.25) is 0 Å². The Labute approximate surface area is 109 Å². The monoisotopic (exact) mass is 251 g/mol. The molecular formula is C14H25N3O. The Morgan fingerprint density at radius 2 is 2.22 bits per heavy atom. The van der Waals surface area contributed by atoms with E-state index in [1.54, 1.807) is 4.68 Å². The summed E-state index contributed by atoms with van der Waals surface area (Å²) in [6.07, 6.45) is 10.8. The normalized spacial score (nSPS) is 19.0. The second kappa shape index (κ2) is 6.90. The molecule has 2 rings (SSSR count). The summed E-state index contributed by atoms with van der Waals surface area (Å²) in [5, 5.41) is 16.7. The molecule has 0 aromatic carbocycles. The molecule has 0 radical (unpaired) electrons. The van der Waals surface area contributed by atoms with Crippen LogP contribution < -0.4 is 5.32 Å². The van der Waals surface area contributed by atoms with E-state index in [0.29, 0.717) is 12.6 Å². The van der Waals surface area contributed by atoms with Crippen LogP contribution in [0.15, 0.2) is 12.4 Å². The minimum atomic E-state index is 0.146. The predicted octanol–water partition coefficient (Wildman–Crippen LogP) is 1.93. The third kappa shape index (κ3) is 3.82. The molecule has 102 valence electrons. The number of aliphatic hydroxyl groups is 1. The average molecular weight is 251 g/mol. The van der Waals surface area contributed by atoms with Crippen molar-refractivity contribution in [3.63, 3.8) is 0 Å². The molecule has 0 bridgehead atoms. The summed E-state index contributed by atoms with van der Waals surface area (Å²) in [7, 11) is 0. The van der Waals surface area contributed by atoms with Gasteiger partial charge in [0.05, 0.1) is 19.3 Å². The van der Waals surface area contributed by atoms with Gasteiger partial charge >= 0.3 is 0 Å². The van der Waals surface area contributed by atoms with E-state index >= 15 is 0 Å². The average Bonchev–Trinajstić information content (AvgIpc) is 2.85. The molecule has 1 aromatic heterocycles. The molecule has 0 aliphatic heterocycles. The van der Waals surface area contributed by atoms with E-state index in [0.717, 1.165) is 12.5 Å². The van der Waals surface area contributed by atoms with Crippen LogP contribution in [0.5, 0.6) is 0 Å². The van der Waals surface area contributed by atoms with Crippen LogP contribution in [0, 0.1) is 5.92 Å².